The number of rotatable bonds is 8. The van der Waals surface area contributed by atoms with Crippen LogP contribution in [-0.4, -0.2) is 36.4 Å². The van der Waals surface area contributed by atoms with Crippen LogP contribution in [0.25, 0.3) is 0 Å². The number of carbonyl (C=O) groups excluding carboxylic acids is 2. The lowest BCUT2D eigenvalue weighted by atomic mass is 9.96. The van der Waals surface area contributed by atoms with E-state index in [9.17, 15) is 14.7 Å². The Kier molecular flexibility index (Phi) is 7.59. The van der Waals surface area contributed by atoms with Crippen molar-refractivity contribution >= 4 is 11.9 Å². The van der Waals surface area contributed by atoms with E-state index >= 15 is 0 Å². The zero-order valence-electron chi connectivity index (χ0n) is 12.5. The monoisotopic (exact) mass is 286 g/mol. The van der Waals surface area contributed by atoms with Gasteiger partial charge in [-0.05, 0) is 25.7 Å². The first-order valence-corrected chi connectivity index (χ1v) is 7.61. The third-order valence-electron chi connectivity index (χ3n) is 3.63. The lowest BCUT2D eigenvalue weighted by molar-refractivity contribution is -0.159. The van der Waals surface area contributed by atoms with Crippen molar-refractivity contribution < 1.29 is 24.2 Å². The Labute approximate surface area is 120 Å². The number of unbranched alkanes of at least 4 members (excludes halogenated alkanes) is 2. The van der Waals surface area contributed by atoms with Crippen LogP contribution >= 0.6 is 0 Å². The number of aliphatic hydroxyl groups excluding tert-OH is 1. The van der Waals surface area contributed by atoms with E-state index in [1.54, 1.807) is 0 Å². The number of hydrogen-bond donors (Lipinski definition) is 1. The summed E-state index contributed by atoms with van der Waals surface area (Å²) in [4.78, 5) is 23.9. The highest BCUT2D eigenvalue weighted by Crippen LogP contribution is 2.34. The van der Waals surface area contributed by atoms with Crippen LogP contribution in [0, 0.1) is 11.8 Å². The van der Waals surface area contributed by atoms with Crippen LogP contribution in [0.4, 0.5) is 0 Å². The molecule has 0 aromatic rings. The fourth-order valence-electron chi connectivity index (χ4n) is 2.38. The molecule has 0 amide bonds. The summed E-state index contributed by atoms with van der Waals surface area (Å²) < 4.78 is 10.3. The normalized spacial score (nSPS) is 22.8. The Bertz CT molecular complexity index is 285. The maximum atomic E-state index is 12.0. The first-order valence-electron chi connectivity index (χ1n) is 7.61. The van der Waals surface area contributed by atoms with Gasteiger partial charge in [-0.15, -0.1) is 0 Å². The van der Waals surface area contributed by atoms with Gasteiger partial charge in [0.1, 0.15) is 0 Å². The molecule has 5 heteroatoms. The molecule has 0 aromatic heterocycles. The average Bonchev–Trinajstić information content (AvgIpc) is 2.81. The Balaban J connectivity index is 2.49. The lowest BCUT2D eigenvalue weighted by Crippen LogP contribution is -2.29. The van der Waals surface area contributed by atoms with Crippen molar-refractivity contribution in [2.45, 2.75) is 58.5 Å². The van der Waals surface area contributed by atoms with E-state index in [2.05, 4.69) is 0 Å². The minimum Gasteiger partial charge on any atom is -0.465 e. The molecule has 1 N–H and O–H groups in total. The van der Waals surface area contributed by atoms with Gasteiger partial charge in [0.2, 0.25) is 0 Å². The molecule has 0 saturated heterocycles. The van der Waals surface area contributed by atoms with E-state index in [1.807, 2.05) is 13.8 Å². The topological polar surface area (TPSA) is 72.8 Å². The van der Waals surface area contributed by atoms with Gasteiger partial charge in [0.25, 0.3) is 0 Å². The Hall–Kier alpha value is -1.10. The van der Waals surface area contributed by atoms with Crippen LogP contribution in [0.15, 0.2) is 0 Å². The van der Waals surface area contributed by atoms with Crippen molar-refractivity contribution in [3.8, 4) is 0 Å². The van der Waals surface area contributed by atoms with E-state index in [-0.39, 0.29) is 11.9 Å². The van der Waals surface area contributed by atoms with Gasteiger partial charge < -0.3 is 14.6 Å². The van der Waals surface area contributed by atoms with Crippen molar-refractivity contribution in [2.24, 2.45) is 11.8 Å². The summed E-state index contributed by atoms with van der Waals surface area (Å²) in [5.74, 6) is -1.88. The number of carbonyl (C=O) groups is 2. The summed E-state index contributed by atoms with van der Waals surface area (Å²) >= 11 is 0. The fraction of sp³-hybridized carbons (Fsp3) is 0.867. The van der Waals surface area contributed by atoms with Crippen LogP contribution in [0.1, 0.15) is 52.4 Å². The lowest BCUT2D eigenvalue weighted by Gasteiger charge is -2.17. The van der Waals surface area contributed by atoms with Crippen molar-refractivity contribution in [1.82, 2.24) is 0 Å². The van der Waals surface area contributed by atoms with Crippen LogP contribution in [-0.2, 0) is 19.1 Å². The maximum absolute atomic E-state index is 12.0. The molecule has 1 saturated carbocycles. The van der Waals surface area contributed by atoms with E-state index in [0.717, 1.165) is 25.7 Å². The average molecular weight is 286 g/mol. The van der Waals surface area contributed by atoms with Crippen LogP contribution in [0.5, 0.6) is 0 Å². The third kappa shape index (κ3) is 5.12. The van der Waals surface area contributed by atoms with Gasteiger partial charge in [-0.2, -0.15) is 0 Å². The summed E-state index contributed by atoms with van der Waals surface area (Å²) in [5, 5.41) is 9.70. The number of ether oxygens (including phenoxy) is 2. The zero-order chi connectivity index (χ0) is 15.0. The molecule has 5 nitrogen and oxygen atoms in total. The van der Waals surface area contributed by atoms with E-state index < -0.39 is 17.9 Å². The SMILES string of the molecule is CCCCOC(=O)[C@@H]1CC(O)C[C@H]1C(=O)OCCCC. The molecule has 0 bridgehead atoms. The molecule has 2 atom stereocenters. The van der Waals surface area contributed by atoms with E-state index in [1.165, 1.54) is 0 Å². The molecular weight excluding hydrogens is 260 g/mol. The Morgan fingerprint density at radius 1 is 0.950 bits per heavy atom. The van der Waals surface area contributed by atoms with Crippen molar-refractivity contribution in [2.75, 3.05) is 13.2 Å². The van der Waals surface area contributed by atoms with Crippen molar-refractivity contribution in [1.29, 1.82) is 0 Å². The molecule has 1 aliphatic carbocycles. The second kappa shape index (κ2) is 8.95. The quantitative estimate of drug-likeness (QED) is 0.546. The summed E-state index contributed by atoms with van der Waals surface area (Å²) in [6, 6.07) is 0. The van der Waals surface area contributed by atoms with Crippen molar-refractivity contribution in [3.05, 3.63) is 0 Å². The van der Waals surface area contributed by atoms with Gasteiger partial charge in [0, 0.05) is 0 Å². The molecule has 0 aliphatic heterocycles. The standard InChI is InChI=1S/C15H26O5/c1-3-5-7-19-14(17)12-9-11(16)10-13(12)15(18)20-8-6-4-2/h11-13,16H,3-10H2,1-2H3/t12-,13-/m1/s1. The van der Waals surface area contributed by atoms with Gasteiger partial charge in [-0.25, -0.2) is 0 Å². The third-order valence-corrected chi connectivity index (χ3v) is 3.63. The molecule has 1 rings (SSSR count). The largest absolute Gasteiger partial charge is 0.465 e. The zero-order valence-corrected chi connectivity index (χ0v) is 12.5. The second-order valence-electron chi connectivity index (χ2n) is 5.38. The molecule has 1 fully saturated rings. The Morgan fingerprint density at radius 3 is 1.70 bits per heavy atom. The first kappa shape index (κ1) is 17.0. The molecule has 116 valence electrons. The molecule has 0 radical (unpaired) electrons. The number of hydrogen-bond acceptors (Lipinski definition) is 5. The molecular formula is C15H26O5. The summed E-state index contributed by atoms with van der Waals surface area (Å²) in [6.07, 6.45) is 3.48. The van der Waals surface area contributed by atoms with E-state index in [0.29, 0.717) is 26.1 Å². The van der Waals surface area contributed by atoms with Gasteiger partial charge in [0.15, 0.2) is 0 Å². The molecule has 0 aromatic carbocycles. The number of esters is 2. The van der Waals surface area contributed by atoms with Gasteiger partial charge >= 0.3 is 11.9 Å². The molecule has 1 aliphatic rings. The fourth-order valence-corrected chi connectivity index (χ4v) is 2.38. The predicted octanol–water partition coefficient (Wildman–Crippen LogP) is 2.06. The highest BCUT2D eigenvalue weighted by molar-refractivity contribution is 5.82. The maximum Gasteiger partial charge on any atom is 0.309 e. The minimum atomic E-state index is -0.623. The molecule has 0 heterocycles. The number of aliphatic hydroxyl groups is 1. The molecule has 0 spiro atoms. The van der Waals surface area contributed by atoms with Crippen LogP contribution < -0.4 is 0 Å². The van der Waals surface area contributed by atoms with Crippen molar-refractivity contribution in [3.63, 3.8) is 0 Å². The smallest absolute Gasteiger partial charge is 0.309 e. The van der Waals surface area contributed by atoms with Gasteiger partial charge in [-0.1, -0.05) is 26.7 Å². The van der Waals surface area contributed by atoms with E-state index in [4.69, 9.17) is 9.47 Å². The highest BCUT2D eigenvalue weighted by Gasteiger charge is 2.44. The van der Waals surface area contributed by atoms with Gasteiger partial charge in [0.05, 0.1) is 31.2 Å². The van der Waals surface area contributed by atoms with Crippen LogP contribution in [0.3, 0.4) is 0 Å². The molecule has 20 heavy (non-hydrogen) atoms. The molecule has 0 unspecified atom stereocenters. The summed E-state index contributed by atoms with van der Waals surface area (Å²) in [7, 11) is 0. The van der Waals surface area contributed by atoms with Gasteiger partial charge in [-0.3, -0.25) is 9.59 Å². The first-order chi connectivity index (χ1) is 9.60. The highest BCUT2D eigenvalue weighted by atomic mass is 16.5. The van der Waals surface area contributed by atoms with Crippen LogP contribution in [0.2, 0.25) is 0 Å². The summed E-state index contributed by atoms with van der Waals surface area (Å²) in [5.41, 5.74) is 0. The predicted molar refractivity (Wildman–Crippen MR) is 74.0 cm³/mol. The second-order valence-corrected chi connectivity index (χ2v) is 5.38. The minimum absolute atomic E-state index is 0.290. The Morgan fingerprint density at radius 2 is 1.35 bits per heavy atom. The summed E-state index contributed by atoms with van der Waals surface area (Å²) in [6.45, 7) is 4.78.